The number of nitrogens with one attached hydrogen (secondary N) is 1. The van der Waals surface area contributed by atoms with E-state index < -0.39 is 24.3 Å². The number of ether oxygens (including phenoxy) is 1. The largest absolute Gasteiger partial charge is 0.455 e. The SMILES string of the molecule is Cc1ccc(-n2nc(C)cc2NC(=O)COC(=O)C2CCN(C(=O)c3ccc(F)cc3)CC2)cc1. The number of aromatic nitrogens is 2. The Morgan fingerprint density at radius 2 is 1.69 bits per heavy atom. The normalized spacial score (nSPS) is 14.0. The van der Waals surface area contributed by atoms with Crippen LogP contribution in [0.3, 0.4) is 0 Å². The molecule has 1 aliphatic heterocycles. The third-order valence-corrected chi connectivity index (χ3v) is 5.93. The highest BCUT2D eigenvalue weighted by molar-refractivity contribution is 5.94. The van der Waals surface area contributed by atoms with Gasteiger partial charge in [0, 0.05) is 24.7 Å². The molecule has 2 amide bonds. The van der Waals surface area contributed by atoms with Gasteiger partial charge in [0.05, 0.1) is 17.3 Å². The van der Waals surface area contributed by atoms with E-state index in [4.69, 9.17) is 4.74 Å². The van der Waals surface area contributed by atoms with Crippen molar-refractivity contribution >= 4 is 23.6 Å². The van der Waals surface area contributed by atoms with Gasteiger partial charge in [0.2, 0.25) is 0 Å². The Hall–Kier alpha value is -4.01. The number of rotatable bonds is 6. The molecule has 8 nitrogen and oxygen atoms in total. The van der Waals surface area contributed by atoms with Gasteiger partial charge < -0.3 is 15.0 Å². The van der Waals surface area contributed by atoms with Gasteiger partial charge in [0.25, 0.3) is 11.8 Å². The van der Waals surface area contributed by atoms with E-state index in [0.29, 0.717) is 37.3 Å². The van der Waals surface area contributed by atoms with Gasteiger partial charge in [-0.3, -0.25) is 14.4 Å². The van der Waals surface area contributed by atoms with Crippen molar-refractivity contribution in [3.63, 3.8) is 0 Å². The molecular weight excluding hydrogens is 451 g/mol. The van der Waals surface area contributed by atoms with E-state index in [0.717, 1.165) is 16.9 Å². The highest BCUT2D eigenvalue weighted by atomic mass is 19.1. The molecule has 0 spiro atoms. The lowest BCUT2D eigenvalue weighted by Gasteiger charge is -2.31. The number of hydrogen-bond donors (Lipinski definition) is 1. The average molecular weight is 479 g/mol. The van der Waals surface area contributed by atoms with Crippen molar-refractivity contribution in [2.45, 2.75) is 26.7 Å². The summed E-state index contributed by atoms with van der Waals surface area (Å²) in [7, 11) is 0. The Kier molecular flexibility index (Phi) is 7.24. The summed E-state index contributed by atoms with van der Waals surface area (Å²) >= 11 is 0. The highest BCUT2D eigenvalue weighted by Crippen LogP contribution is 2.21. The molecular formula is C26H27FN4O4. The molecule has 1 fully saturated rings. The minimum absolute atomic E-state index is 0.198. The van der Waals surface area contributed by atoms with E-state index in [2.05, 4.69) is 10.4 Å². The maximum Gasteiger partial charge on any atom is 0.309 e. The molecule has 3 aromatic rings. The first-order valence-electron chi connectivity index (χ1n) is 11.4. The smallest absolute Gasteiger partial charge is 0.309 e. The molecule has 0 radical (unpaired) electrons. The van der Waals surface area contributed by atoms with Gasteiger partial charge in [-0.15, -0.1) is 0 Å². The summed E-state index contributed by atoms with van der Waals surface area (Å²) in [5.41, 5.74) is 3.06. The van der Waals surface area contributed by atoms with Crippen LogP contribution in [0.25, 0.3) is 5.69 Å². The van der Waals surface area contributed by atoms with E-state index in [1.807, 2.05) is 38.1 Å². The Morgan fingerprint density at radius 1 is 1.03 bits per heavy atom. The number of halogens is 1. The van der Waals surface area contributed by atoms with Crippen LogP contribution in [0.5, 0.6) is 0 Å². The van der Waals surface area contributed by atoms with E-state index in [-0.39, 0.29) is 11.8 Å². The van der Waals surface area contributed by atoms with Gasteiger partial charge in [-0.25, -0.2) is 9.07 Å². The number of likely N-dealkylation sites (tertiary alicyclic amines) is 1. The van der Waals surface area contributed by atoms with Crippen molar-refractivity contribution in [1.29, 1.82) is 0 Å². The molecule has 2 aromatic carbocycles. The Balaban J connectivity index is 1.27. The quantitative estimate of drug-likeness (QED) is 0.546. The van der Waals surface area contributed by atoms with Gasteiger partial charge in [-0.1, -0.05) is 17.7 Å². The molecule has 0 unspecified atom stereocenters. The number of nitrogens with zero attached hydrogens (tertiary/aromatic N) is 3. The number of amides is 2. The molecule has 35 heavy (non-hydrogen) atoms. The predicted octanol–water partition coefficient (Wildman–Crippen LogP) is 3.66. The molecule has 9 heteroatoms. The molecule has 1 aromatic heterocycles. The first kappa shape index (κ1) is 24.1. The van der Waals surface area contributed by atoms with Crippen molar-refractivity contribution < 1.29 is 23.5 Å². The molecule has 2 heterocycles. The van der Waals surface area contributed by atoms with Crippen LogP contribution >= 0.6 is 0 Å². The molecule has 0 bridgehead atoms. The first-order chi connectivity index (χ1) is 16.8. The second kappa shape index (κ2) is 10.5. The van der Waals surface area contributed by atoms with Crippen molar-refractivity contribution in [1.82, 2.24) is 14.7 Å². The summed E-state index contributed by atoms with van der Waals surface area (Å²) in [4.78, 5) is 39.1. The van der Waals surface area contributed by atoms with Gasteiger partial charge in [-0.05, 0) is 63.1 Å². The topological polar surface area (TPSA) is 93.5 Å². The molecule has 4 rings (SSSR count). The monoisotopic (exact) mass is 478 g/mol. The van der Waals surface area contributed by atoms with E-state index in [9.17, 15) is 18.8 Å². The maximum atomic E-state index is 13.1. The summed E-state index contributed by atoms with van der Waals surface area (Å²) in [5.74, 6) is -1.42. The molecule has 182 valence electrons. The van der Waals surface area contributed by atoms with Crippen LogP contribution < -0.4 is 5.32 Å². The van der Waals surface area contributed by atoms with Gasteiger partial charge in [0.15, 0.2) is 6.61 Å². The molecule has 1 N–H and O–H groups in total. The minimum Gasteiger partial charge on any atom is -0.455 e. The van der Waals surface area contributed by atoms with Crippen LogP contribution in [0.4, 0.5) is 10.2 Å². The van der Waals surface area contributed by atoms with Crippen LogP contribution in [0.2, 0.25) is 0 Å². The summed E-state index contributed by atoms with van der Waals surface area (Å²) in [6, 6.07) is 14.9. The zero-order valence-corrected chi connectivity index (χ0v) is 19.7. The maximum absolute atomic E-state index is 13.1. The van der Waals surface area contributed by atoms with Crippen molar-refractivity contribution in [2.75, 3.05) is 25.0 Å². The second-order valence-electron chi connectivity index (χ2n) is 8.65. The first-order valence-corrected chi connectivity index (χ1v) is 11.4. The lowest BCUT2D eigenvalue weighted by molar-refractivity contribution is -0.152. The number of carbonyl (C=O) groups is 3. The Bertz CT molecular complexity index is 1210. The van der Waals surface area contributed by atoms with Crippen molar-refractivity contribution in [2.24, 2.45) is 5.92 Å². The van der Waals surface area contributed by atoms with Crippen LogP contribution in [-0.4, -0.2) is 52.2 Å². The summed E-state index contributed by atoms with van der Waals surface area (Å²) in [6.07, 6.45) is 0.875. The summed E-state index contributed by atoms with van der Waals surface area (Å²) < 4.78 is 20.0. The fourth-order valence-corrected chi connectivity index (χ4v) is 4.00. The Labute approximate surface area is 202 Å². The van der Waals surface area contributed by atoms with Gasteiger partial charge >= 0.3 is 5.97 Å². The standard InChI is InChI=1S/C26H27FN4O4/c1-17-3-9-22(10-4-17)31-23(15-18(2)29-31)28-24(32)16-35-26(34)20-11-13-30(14-12-20)25(33)19-5-7-21(27)8-6-19/h3-10,15,20H,11-14,16H2,1-2H3,(H,28,32). The van der Waals surface area contributed by atoms with Crippen LogP contribution in [-0.2, 0) is 14.3 Å². The average Bonchev–Trinajstić information content (AvgIpc) is 3.22. The van der Waals surface area contributed by atoms with E-state index >= 15 is 0 Å². The third kappa shape index (κ3) is 5.92. The third-order valence-electron chi connectivity index (χ3n) is 5.93. The molecule has 1 saturated heterocycles. The van der Waals surface area contributed by atoms with Crippen molar-refractivity contribution in [3.8, 4) is 5.69 Å². The molecule has 1 aliphatic rings. The Morgan fingerprint density at radius 3 is 2.34 bits per heavy atom. The zero-order chi connectivity index (χ0) is 24.9. The number of carbonyl (C=O) groups excluding carboxylic acids is 3. The molecule has 0 saturated carbocycles. The van der Waals surface area contributed by atoms with E-state index in [1.54, 1.807) is 15.6 Å². The predicted molar refractivity (Wildman–Crippen MR) is 128 cm³/mol. The number of piperidine rings is 1. The molecule has 0 aliphatic carbocycles. The lowest BCUT2D eigenvalue weighted by atomic mass is 9.96. The number of aryl methyl sites for hydroxylation is 2. The van der Waals surface area contributed by atoms with Gasteiger partial charge in [-0.2, -0.15) is 5.10 Å². The van der Waals surface area contributed by atoms with Crippen LogP contribution in [0.1, 0.15) is 34.5 Å². The fourth-order valence-electron chi connectivity index (χ4n) is 4.00. The number of anilines is 1. The van der Waals surface area contributed by atoms with Gasteiger partial charge in [0.1, 0.15) is 11.6 Å². The summed E-state index contributed by atoms with van der Waals surface area (Å²) in [5, 5.41) is 7.17. The number of esters is 1. The van der Waals surface area contributed by atoms with Crippen LogP contribution in [0, 0.1) is 25.6 Å². The van der Waals surface area contributed by atoms with Crippen LogP contribution in [0.15, 0.2) is 54.6 Å². The lowest BCUT2D eigenvalue weighted by Crippen LogP contribution is -2.41. The number of hydrogen-bond acceptors (Lipinski definition) is 5. The second-order valence-corrected chi connectivity index (χ2v) is 8.65. The highest BCUT2D eigenvalue weighted by Gasteiger charge is 2.29. The summed E-state index contributed by atoms with van der Waals surface area (Å²) in [6.45, 7) is 4.18. The molecule has 0 atom stereocenters. The van der Waals surface area contributed by atoms with E-state index in [1.165, 1.54) is 24.3 Å². The van der Waals surface area contributed by atoms with Crippen molar-refractivity contribution in [3.05, 3.63) is 77.2 Å². The fraction of sp³-hybridized carbons (Fsp3) is 0.308. The zero-order valence-electron chi connectivity index (χ0n) is 19.7. The number of benzene rings is 2. The minimum atomic E-state index is -0.462.